The maximum atomic E-state index is 12.6. The molecule has 0 saturated carbocycles. The highest BCUT2D eigenvalue weighted by Crippen LogP contribution is 2.27. The number of aromatic nitrogens is 4. The Labute approximate surface area is 152 Å². The lowest BCUT2D eigenvalue weighted by Gasteiger charge is -2.31. The molecule has 2 aromatic rings. The van der Waals surface area contributed by atoms with Crippen LogP contribution in [0, 0.1) is 0 Å². The van der Waals surface area contributed by atoms with Gasteiger partial charge in [0.05, 0.1) is 17.7 Å². The number of nitrogens with zero attached hydrogens (tertiary/aromatic N) is 3. The molecule has 1 aliphatic heterocycles. The molecule has 138 valence electrons. The van der Waals surface area contributed by atoms with Crippen LogP contribution in [0.5, 0.6) is 0 Å². The van der Waals surface area contributed by atoms with Crippen LogP contribution in [-0.2, 0) is 24.1 Å². The van der Waals surface area contributed by atoms with Crippen LogP contribution in [0.1, 0.15) is 60.7 Å². The zero-order chi connectivity index (χ0) is 17.9. The van der Waals surface area contributed by atoms with Crippen LogP contribution >= 0.6 is 0 Å². The third-order valence-electron chi connectivity index (χ3n) is 5.68. The number of fused-ring (bicyclic) bond motifs is 1. The van der Waals surface area contributed by atoms with Crippen LogP contribution in [0.2, 0.25) is 0 Å². The molecule has 1 amide bonds. The Morgan fingerprint density at radius 2 is 2.04 bits per heavy atom. The highest BCUT2D eigenvalue weighted by molar-refractivity contribution is 5.76. The van der Waals surface area contributed by atoms with Crippen LogP contribution in [0.25, 0.3) is 0 Å². The fourth-order valence-electron chi connectivity index (χ4n) is 4.17. The summed E-state index contributed by atoms with van der Waals surface area (Å²) in [6.07, 6.45) is 9.04. The molecule has 2 aliphatic rings. The summed E-state index contributed by atoms with van der Waals surface area (Å²) in [5.74, 6) is 0.467. The Hall–Kier alpha value is -2.44. The van der Waals surface area contributed by atoms with Gasteiger partial charge in [-0.05, 0) is 44.1 Å². The van der Waals surface area contributed by atoms with Crippen LogP contribution in [0.4, 0.5) is 0 Å². The Bertz CT molecular complexity index is 832. The molecule has 2 N–H and O–H groups in total. The van der Waals surface area contributed by atoms with Crippen LogP contribution in [-0.4, -0.2) is 44.1 Å². The first-order valence-corrected chi connectivity index (χ1v) is 9.58. The van der Waals surface area contributed by atoms with Gasteiger partial charge in [0.15, 0.2) is 0 Å². The zero-order valence-electron chi connectivity index (χ0n) is 15.0. The van der Waals surface area contributed by atoms with Crippen molar-refractivity contribution in [3.63, 3.8) is 0 Å². The summed E-state index contributed by atoms with van der Waals surface area (Å²) in [4.78, 5) is 32.8. The van der Waals surface area contributed by atoms with E-state index >= 15 is 0 Å². The average molecular weight is 355 g/mol. The first kappa shape index (κ1) is 17.0. The second kappa shape index (κ2) is 7.43. The minimum Gasteiger partial charge on any atom is -0.343 e. The van der Waals surface area contributed by atoms with Gasteiger partial charge in [-0.1, -0.05) is 0 Å². The summed E-state index contributed by atoms with van der Waals surface area (Å²) < 4.78 is 0. The lowest BCUT2D eigenvalue weighted by Crippen LogP contribution is -2.38. The number of likely N-dealkylation sites (tertiary alicyclic amines) is 1. The minimum atomic E-state index is -0.115. The number of aryl methyl sites for hydroxylation is 2. The molecule has 0 aromatic carbocycles. The van der Waals surface area contributed by atoms with Crippen molar-refractivity contribution in [1.82, 2.24) is 25.1 Å². The lowest BCUT2D eigenvalue weighted by molar-refractivity contribution is -0.132. The molecule has 2 aromatic heterocycles. The van der Waals surface area contributed by atoms with E-state index in [1.807, 2.05) is 4.90 Å². The quantitative estimate of drug-likeness (QED) is 0.873. The van der Waals surface area contributed by atoms with Gasteiger partial charge in [-0.25, -0.2) is 4.98 Å². The third kappa shape index (κ3) is 3.57. The number of piperidine rings is 1. The number of H-pyrrole nitrogens is 2. The maximum Gasteiger partial charge on any atom is 0.250 e. The van der Waals surface area contributed by atoms with Gasteiger partial charge in [-0.3, -0.25) is 14.7 Å². The Kier molecular flexibility index (Phi) is 4.86. The molecule has 1 fully saturated rings. The molecule has 26 heavy (non-hydrogen) atoms. The second-order valence-corrected chi connectivity index (χ2v) is 7.33. The largest absolute Gasteiger partial charge is 0.343 e. The molecular formula is C19H25N5O2. The SMILES string of the molecule is O=C(CCc1n[nH]c2c1CCCC2)N1CCC(c2cc(=O)[nH]cn2)CC1. The predicted molar refractivity (Wildman–Crippen MR) is 97.0 cm³/mol. The topological polar surface area (TPSA) is 94.7 Å². The normalized spacial score (nSPS) is 17.9. The third-order valence-corrected chi connectivity index (χ3v) is 5.68. The van der Waals surface area contributed by atoms with Crippen molar-refractivity contribution >= 4 is 5.91 Å². The number of carbonyl (C=O) groups is 1. The fourth-order valence-corrected chi connectivity index (χ4v) is 4.17. The summed E-state index contributed by atoms with van der Waals surface area (Å²) in [7, 11) is 0. The van der Waals surface area contributed by atoms with Crippen molar-refractivity contribution in [2.24, 2.45) is 0 Å². The number of rotatable bonds is 4. The molecule has 0 radical (unpaired) electrons. The Morgan fingerprint density at radius 3 is 2.85 bits per heavy atom. The van der Waals surface area contributed by atoms with Gasteiger partial charge in [0, 0.05) is 43.6 Å². The standard InChI is InChI=1S/C19H25N5O2/c25-18-11-17(20-12-21-18)13-7-9-24(10-8-13)19(26)6-5-16-14-3-1-2-4-15(14)22-23-16/h11-13H,1-10H2,(H,22,23)(H,20,21,25). The number of aromatic amines is 2. The van der Waals surface area contributed by atoms with Gasteiger partial charge in [0.1, 0.15) is 0 Å². The fraction of sp³-hybridized carbons (Fsp3) is 0.579. The molecule has 7 nitrogen and oxygen atoms in total. The number of carbonyl (C=O) groups excluding carboxylic acids is 1. The van der Waals surface area contributed by atoms with E-state index in [-0.39, 0.29) is 17.4 Å². The number of hydrogen-bond donors (Lipinski definition) is 2. The number of hydrogen-bond acceptors (Lipinski definition) is 4. The monoisotopic (exact) mass is 355 g/mol. The molecule has 3 heterocycles. The Morgan fingerprint density at radius 1 is 1.23 bits per heavy atom. The minimum absolute atomic E-state index is 0.115. The lowest BCUT2D eigenvalue weighted by atomic mass is 9.92. The molecule has 1 saturated heterocycles. The number of nitrogens with one attached hydrogen (secondary N) is 2. The van der Waals surface area contributed by atoms with Crippen LogP contribution in [0.15, 0.2) is 17.2 Å². The van der Waals surface area contributed by atoms with Gasteiger partial charge >= 0.3 is 0 Å². The Balaban J connectivity index is 1.30. The molecule has 0 atom stereocenters. The van der Waals surface area contributed by atoms with Crippen LogP contribution < -0.4 is 5.56 Å². The molecule has 0 spiro atoms. The van der Waals surface area contributed by atoms with E-state index in [1.165, 1.54) is 30.4 Å². The summed E-state index contributed by atoms with van der Waals surface area (Å²) in [6, 6.07) is 1.57. The predicted octanol–water partition coefficient (Wildman–Crippen LogP) is 1.71. The maximum absolute atomic E-state index is 12.6. The van der Waals surface area contributed by atoms with Gasteiger partial charge in [0.2, 0.25) is 5.91 Å². The van der Waals surface area contributed by atoms with Crippen LogP contribution in [0.3, 0.4) is 0 Å². The summed E-state index contributed by atoms with van der Waals surface area (Å²) in [6.45, 7) is 1.47. The van der Waals surface area contributed by atoms with E-state index < -0.39 is 0 Å². The van der Waals surface area contributed by atoms with Gasteiger partial charge in [-0.2, -0.15) is 5.10 Å². The molecule has 0 unspecified atom stereocenters. The van der Waals surface area contributed by atoms with E-state index in [1.54, 1.807) is 6.07 Å². The second-order valence-electron chi connectivity index (χ2n) is 7.33. The average Bonchev–Trinajstić information content (AvgIpc) is 3.09. The van der Waals surface area contributed by atoms with Crippen molar-refractivity contribution in [2.45, 2.75) is 57.3 Å². The molecular weight excluding hydrogens is 330 g/mol. The molecule has 4 rings (SSSR count). The van der Waals surface area contributed by atoms with Gasteiger partial charge < -0.3 is 9.88 Å². The smallest absolute Gasteiger partial charge is 0.250 e. The van der Waals surface area contributed by atoms with E-state index in [0.717, 1.165) is 56.6 Å². The van der Waals surface area contributed by atoms with E-state index in [2.05, 4.69) is 20.2 Å². The van der Waals surface area contributed by atoms with E-state index in [4.69, 9.17) is 0 Å². The molecule has 0 bridgehead atoms. The highest BCUT2D eigenvalue weighted by Gasteiger charge is 2.25. The van der Waals surface area contributed by atoms with E-state index in [9.17, 15) is 9.59 Å². The zero-order valence-corrected chi connectivity index (χ0v) is 15.0. The first-order valence-electron chi connectivity index (χ1n) is 9.58. The van der Waals surface area contributed by atoms with Gasteiger partial charge in [0.25, 0.3) is 5.56 Å². The molecule has 7 heteroatoms. The summed E-state index contributed by atoms with van der Waals surface area (Å²) in [5, 5.41) is 7.59. The van der Waals surface area contributed by atoms with Crippen molar-refractivity contribution in [2.75, 3.05) is 13.1 Å². The van der Waals surface area contributed by atoms with Crippen molar-refractivity contribution in [3.8, 4) is 0 Å². The summed E-state index contributed by atoms with van der Waals surface area (Å²) >= 11 is 0. The van der Waals surface area contributed by atoms with Crippen molar-refractivity contribution < 1.29 is 4.79 Å². The first-order chi connectivity index (χ1) is 12.7. The highest BCUT2D eigenvalue weighted by atomic mass is 16.2. The summed E-state index contributed by atoms with van der Waals surface area (Å²) in [5.41, 5.74) is 4.42. The number of amides is 1. The van der Waals surface area contributed by atoms with E-state index in [0.29, 0.717) is 6.42 Å². The van der Waals surface area contributed by atoms with Gasteiger partial charge in [-0.15, -0.1) is 0 Å². The molecule has 1 aliphatic carbocycles. The van der Waals surface area contributed by atoms with Crippen molar-refractivity contribution in [3.05, 3.63) is 45.4 Å². The van der Waals surface area contributed by atoms with Crippen molar-refractivity contribution in [1.29, 1.82) is 0 Å².